The third kappa shape index (κ3) is 4.22. The molecule has 0 bridgehead atoms. The number of hydrogen-bond acceptors (Lipinski definition) is 3. The zero-order valence-corrected chi connectivity index (χ0v) is 12.9. The number of morpholine rings is 1. The lowest BCUT2D eigenvalue weighted by molar-refractivity contribution is -0.0620. The van der Waals surface area contributed by atoms with E-state index >= 15 is 0 Å². The molecule has 2 atom stereocenters. The Hall–Kier alpha value is -1.04. The van der Waals surface area contributed by atoms with E-state index in [1.165, 1.54) is 6.07 Å². The zero-order valence-electron chi connectivity index (χ0n) is 12.9. The molecule has 1 aliphatic heterocycles. The average Bonchev–Trinajstić information content (AvgIpc) is 2.45. The summed E-state index contributed by atoms with van der Waals surface area (Å²) in [6.45, 7) is 6.36. The van der Waals surface area contributed by atoms with Crippen molar-refractivity contribution in [2.24, 2.45) is 0 Å². The second kappa shape index (κ2) is 7.29. The Morgan fingerprint density at radius 3 is 2.81 bits per heavy atom. The van der Waals surface area contributed by atoms with Crippen LogP contribution in [0.1, 0.15) is 37.4 Å². The van der Waals surface area contributed by atoms with Crippen molar-refractivity contribution in [2.45, 2.75) is 38.5 Å². The Morgan fingerprint density at radius 2 is 2.14 bits per heavy atom. The molecule has 0 radical (unpaired) electrons. The molecule has 1 aromatic rings. The van der Waals surface area contributed by atoms with E-state index in [4.69, 9.17) is 4.74 Å². The van der Waals surface area contributed by atoms with Gasteiger partial charge in [-0.1, -0.05) is 32.0 Å². The lowest BCUT2D eigenvalue weighted by Gasteiger charge is -2.40. The van der Waals surface area contributed by atoms with Crippen LogP contribution in [0.3, 0.4) is 0 Å². The summed E-state index contributed by atoms with van der Waals surface area (Å²) in [4.78, 5) is 2.18. The van der Waals surface area contributed by atoms with Crippen molar-refractivity contribution in [2.75, 3.05) is 26.7 Å². The molecular formula is C16H24F2N2O. The van der Waals surface area contributed by atoms with E-state index in [1.807, 2.05) is 13.1 Å². The molecule has 2 unspecified atom stereocenters. The van der Waals surface area contributed by atoms with Gasteiger partial charge in [0.2, 0.25) is 0 Å². The van der Waals surface area contributed by atoms with Gasteiger partial charge in [0.25, 0.3) is 6.43 Å². The number of nitrogens with zero attached hydrogens (tertiary/aromatic N) is 1. The fraction of sp³-hybridized carbons (Fsp3) is 0.625. The molecule has 1 saturated heterocycles. The van der Waals surface area contributed by atoms with Crippen LogP contribution in [0.2, 0.25) is 0 Å². The molecule has 0 amide bonds. The Morgan fingerprint density at radius 1 is 1.38 bits per heavy atom. The minimum Gasteiger partial charge on any atom is -0.374 e. The molecule has 1 aromatic carbocycles. The second-order valence-electron chi connectivity index (χ2n) is 5.87. The number of rotatable bonds is 5. The zero-order chi connectivity index (χ0) is 15.4. The molecule has 1 fully saturated rings. The predicted octanol–water partition coefficient (Wildman–Crippen LogP) is 2.99. The van der Waals surface area contributed by atoms with Crippen LogP contribution >= 0.6 is 0 Å². The third-order valence-electron chi connectivity index (χ3n) is 3.83. The van der Waals surface area contributed by atoms with Crippen molar-refractivity contribution in [1.29, 1.82) is 0 Å². The van der Waals surface area contributed by atoms with Crippen LogP contribution in [-0.4, -0.2) is 43.8 Å². The molecular weight excluding hydrogens is 274 g/mol. The van der Waals surface area contributed by atoms with Crippen LogP contribution in [0.4, 0.5) is 8.78 Å². The highest BCUT2D eigenvalue weighted by atomic mass is 19.3. The van der Waals surface area contributed by atoms with Crippen LogP contribution in [0.25, 0.3) is 0 Å². The number of benzene rings is 1. The van der Waals surface area contributed by atoms with Crippen molar-refractivity contribution in [3.63, 3.8) is 0 Å². The molecule has 1 heterocycles. The first-order valence-electron chi connectivity index (χ1n) is 7.42. The van der Waals surface area contributed by atoms with Gasteiger partial charge in [-0.15, -0.1) is 0 Å². The molecule has 2 rings (SSSR count). The third-order valence-corrected chi connectivity index (χ3v) is 3.83. The Kier molecular flexibility index (Phi) is 5.67. The van der Waals surface area contributed by atoms with E-state index in [1.54, 1.807) is 12.1 Å². The number of nitrogens with one attached hydrogen (secondary N) is 1. The Balaban J connectivity index is 2.20. The summed E-state index contributed by atoms with van der Waals surface area (Å²) in [6, 6.07) is 7.05. The first kappa shape index (κ1) is 16.3. The van der Waals surface area contributed by atoms with Crippen molar-refractivity contribution >= 4 is 0 Å². The predicted molar refractivity (Wildman–Crippen MR) is 79.6 cm³/mol. The molecule has 118 valence electrons. The number of hydrogen-bond donors (Lipinski definition) is 1. The highest BCUT2D eigenvalue weighted by Gasteiger charge is 2.31. The van der Waals surface area contributed by atoms with Gasteiger partial charge in [-0.05, 0) is 18.7 Å². The molecule has 0 aromatic heterocycles. The number of ether oxygens (including phenoxy) is 1. The second-order valence-corrected chi connectivity index (χ2v) is 5.87. The molecule has 5 heteroatoms. The quantitative estimate of drug-likeness (QED) is 0.904. The van der Waals surface area contributed by atoms with Crippen LogP contribution in [0.5, 0.6) is 0 Å². The highest BCUT2D eigenvalue weighted by molar-refractivity contribution is 5.28. The van der Waals surface area contributed by atoms with Crippen molar-refractivity contribution < 1.29 is 13.5 Å². The maximum Gasteiger partial charge on any atom is 0.263 e. The van der Waals surface area contributed by atoms with Crippen LogP contribution in [0, 0.1) is 0 Å². The first-order valence-corrected chi connectivity index (χ1v) is 7.42. The monoisotopic (exact) mass is 298 g/mol. The molecule has 21 heavy (non-hydrogen) atoms. The minimum atomic E-state index is -2.44. The van der Waals surface area contributed by atoms with E-state index in [-0.39, 0.29) is 17.7 Å². The van der Waals surface area contributed by atoms with E-state index in [2.05, 4.69) is 24.1 Å². The number of halogens is 2. The van der Waals surface area contributed by atoms with Gasteiger partial charge < -0.3 is 10.1 Å². The molecule has 1 aliphatic rings. The van der Waals surface area contributed by atoms with Gasteiger partial charge in [0.15, 0.2) is 0 Å². The summed E-state index contributed by atoms with van der Waals surface area (Å²) < 4.78 is 31.7. The topological polar surface area (TPSA) is 24.5 Å². The van der Waals surface area contributed by atoms with E-state index in [9.17, 15) is 8.78 Å². The fourth-order valence-corrected chi connectivity index (χ4v) is 2.73. The lowest BCUT2D eigenvalue weighted by Crippen LogP contribution is -2.48. The van der Waals surface area contributed by atoms with E-state index < -0.39 is 6.43 Å². The summed E-state index contributed by atoms with van der Waals surface area (Å²) >= 11 is 0. The van der Waals surface area contributed by atoms with Gasteiger partial charge in [-0.25, -0.2) is 8.78 Å². The fourth-order valence-electron chi connectivity index (χ4n) is 2.73. The van der Waals surface area contributed by atoms with Crippen LogP contribution < -0.4 is 5.32 Å². The van der Waals surface area contributed by atoms with Gasteiger partial charge in [-0.3, -0.25) is 4.90 Å². The molecule has 0 saturated carbocycles. The minimum absolute atomic E-state index is 0.00343. The van der Waals surface area contributed by atoms with Crippen molar-refractivity contribution in [3.05, 3.63) is 35.4 Å². The van der Waals surface area contributed by atoms with Crippen molar-refractivity contribution in [3.8, 4) is 0 Å². The Bertz CT molecular complexity index is 454. The van der Waals surface area contributed by atoms with Crippen molar-refractivity contribution in [1.82, 2.24) is 10.2 Å². The summed E-state index contributed by atoms with van der Waals surface area (Å²) in [7, 11) is 2.02. The molecule has 0 spiro atoms. The SMILES string of the molecule is CC(C)NCC1OCCN(C)C1c1cccc(C(F)F)c1. The van der Waals surface area contributed by atoms with E-state index in [0.29, 0.717) is 19.2 Å². The number of likely N-dealkylation sites (N-methyl/N-ethyl adjacent to an activating group) is 1. The standard InChI is InChI=1S/C16H24F2N2O/c1-11(2)19-10-14-15(20(3)7-8-21-14)12-5-4-6-13(9-12)16(17)18/h4-6,9,11,14-16,19H,7-8,10H2,1-3H3. The first-order chi connectivity index (χ1) is 9.99. The highest BCUT2D eigenvalue weighted by Crippen LogP contribution is 2.30. The average molecular weight is 298 g/mol. The largest absolute Gasteiger partial charge is 0.374 e. The van der Waals surface area contributed by atoms with Gasteiger partial charge in [0, 0.05) is 24.7 Å². The Labute approximate surface area is 125 Å². The van der Waals surface area contributed by atoms with Gasteiger partial charge in [0.05, 0.1) is 18.8 Å². The maximum absolute atomic E-state index is 12.9. The smallest absolute Gasteiger partial charge is 0.263 e. The van der Waals surface area contributed by atoms with Gasteiger partial charge in [-0.2, -0.15) is 0 Å². The summed E-state index contributed by atoms with van der Waals surface area (Å²) in [5.74, 6) is 0. The summed E-state index contributed by atoms with van der Waals surface area (Å²) in [6.07, 6.45) is -2.47. The summed E-state index contributed by atoms with van der Waals surface area (Å²) in [5.41, 5.74) is 0.965. The normalized spacial score (nSPS) is 24.0. The van der Waals surface area contributed by atoms with E-state index in [0.717, 1.165) is 12.1 Å². The van der Waals surface area contributed by atoms with Gasteiger partial charge in [0.1, 0.15) is 0 Å². The molecule has 3 nitrogen and oxygen atoms in total. The lowest BCUT2D eigenvalue weighted by atomic mass is 9.96. The molecule has 0 aliphatic carbocycles. The van der Waals surface area contributed by atoms with Gasteiger partial charge >= 0.3 is 0 Å². The molecule has 1 N–H and O–H groups in total. The number of alkyl halides is 2. The summed E-state index contributed by atoms with van der Waals surface area (Å²) in [5, 5.41) is 3.37. The maximum atomic E-state index is 12.9. The van der Waals surface area contributed by atoms with Crippen LogP contribution in [0.15, 0.2) is 24.3 Å². The van der Waals surface area contributed by atoms with Crippen LogP contribution in [-0.2, 0) is 4.74 Å².